The van der Waals surface area contributed by atoms with Gasteiger partial charge < -0.3 is 9.64 Å². The molecule has 6 nitrogen and oxygen atoms in total. The average Bonchev–Trinajstić information content (AvgIpc) is 2.80. The number of ether oxygens (including phenoxy) is 1. The van der Waals surface area contributed by atoms with E-state index >= 15 is 0 Å². The van der Waals surface area contributed by atoms with Crippen LogP contribution in [0.15, 0.2) is 18.2 Å². The number of hydrogen-bond acceptors (Lipinski definition) is 4. The third-order valence-corrected chi connectivity index (χ3v) is 4.60. The molecular formula is C21H29FN2O4. The summed E-state index contributed by atoms with van der Waals surface area (Å²) in [7, 11) is 1.63. The number of nitrogens with zero attached hydrogens (tertiary/aromatic N) is 2. The number of benzene rings is 1. The summed E-state index contributed by atoms with van der Waals surface area (Å²) in [6.45, 7) is 11.0. The summed E-state index contributed by atoms with van der Waals surface area (Å²) in [5.41, 5.74) is -0.665. The summed E-state index contributed by atoms with van der Waals surface area (Å²) in [6, 6.07) is 3.06. The van der Waals surface area contributed by atoms with Crippen LogP contribution in [-0.4, -0.2) is 52.9 Å². The number of likely N-dealkylation sites (N-methyl/N-ethyl adjacent to an activating group) is 1. The number of amides is 2. The topological polar surface area (TPSA) is 66.9 Å². The van der Waals surface area contributed by atoms with Gasteiger partial charge in [0.05, 0.1) is 0 Å². The molecule has 1 aromatic carbocycles. The largest absolute Gasteiger partial charge is 0.444 e. The number of carbonyl (C=O) groups is 3. The molecule has 7 heteroatoms. The highest BCUT2D eigenvalue weighted by atomic mass is 19.1. The van der Waals surface area contributed by atoms with E-state index < -0.39 is 35.1 Å². The zero-order chi connectivity index (χ0) is 21.4. The maximum atomic E-state index is 14.3. The van der Waals surface area contributed by atoms with Crippen molar-refractivity contribution in [2.24, 2.45) is 5.41 Å². The third-order valence-electron chi connectivity index (χ3n) is 4.60. The SMILES string of the molecule is CN1C(=O)C(Cc2cc(C=O)ccc2F)N(C(=O)OC(C)(C)C)[C@H]1C(C)(C)C. The lowest BCUT2D eigenvalue weighted by molar-refractivity contribution is -0.129. The van der Waals surface area contributed by atoms with E-state index in [-0.39, 0.29) is 17.9 Å². The molecule has 1 aliphatic rings. The lowest BCUT2D eigenvalue weighted by atomic mass is 9.91. The Morgan fingerprint density at radius 2 is 1.82 bits per heavy atom. The van der Waals surface area contributed by atoms with Crippen LogP contribution in [0.1, 0.15) is 57.5 Å². The molecule has 0 bridgehead atoms. The van der Waals surface area contributed by atoms with E-state index in [4.69, 9.17) is 4.74 Å². The molecule has 1 unspecified atom stereocenters. The molecule has 0 aliphatic carbocycles. The van der Waals surface area contributed by atoms with Crippen molar-refractivity contribution in [3.05, 3.63) is 35.1 Å². The first kappa shape index (κ1) is 21.9. The van der Waals surface area contributed by atoms with Gasteiger partial charge in [0, 0.05) is 24.4 Å². The van der Waals surface area contributed by atoms with E-state index in [0.29, 0.717) is 11.8 Å². The van der Waals surface area contributed by atoms with E-state index in [2.05, 4.69) is 0 Å². The molecule has 0 radical (unpaired) electrons. The second kappa shape index (κ2) is 7.53. The van der Waals surface area contributed by atoms with Crippen molar-refractivity contribution in [3.63, 3.8) is 0 Å². The van der Waals surface area contributed by atoms with E-state index in [1.54, 1.807) is 27.8 Å². The van der Waals surface area contributed by atoms with Crippen LogP contribution in [-0.2, 0) is 16.0 Å². The minimum absolute atomic E-state index is 0.0392. The molecule has 0 spiro atoms. The third kappa shape index (κ3) is 4.51. The van der Waals surface area contributed by atoms with Crippen LogP contribution in [0, 0.1) is 11.2 Å². The van der Waals surface area contributed by atoms with Gasteiger partial charge >= 0.3 is 6.09 Å². The van der Waals surface area contributed by atoms with Gasteiger partial charge in [-0.25, -0.2) is 9.18 Å². The van der Waals surface area contributed by atoms with Gasteiger partial charge in [-0.15, -0.1) is 0 Å². The molecule has 0 saturated carbocycles. The maximum Gasteiger partial charge on any atom is 0.412 e. The predicted molar refractivity (Wildman–Crippen MR) is 103 cm³/mol. The minimum Gasteiger partial charge on any atom is -0.444 e. The quantitative estimate of drug-likeness (QED) is 0.737. The molecule has 1 aliphatic heterocycles. The lowest BCUT2D eigenvalue weighted by Gasteiger charge is -2.39. The molecule has 0 N–H and O–H groups in total. The highest BCUT2D eigenvalue weighted by Gasteiger charge is 2.52. The summed E-state index contributed by atoms with van der Waals surface area (Å²) in [5, 5.41) is 0. The van der Waals surface area contributed by atoms with Gasteiger partial charge in [-0.3, -0.25) is 14.5 Å². The number of hydrogen-bond donors (Lipinski definition) is 0. The van der Waals surface area contributed by atoms with Crippen molar-refractivity contribution in [3.8, 4) is 0 Å². The molecule has 2 atom stereocenters. The second-order valence-corrected chi connectivity index (χ2v) is 9.27. The van der Waals surface area contributed by atoms with Crippen molar-refractivity contribution in [1.82, 2.24) is 9.80 Å². The standard InChI is InChI=1S/C21H29FN2O4/c1-20(2,3)18-23(7)17(26)16(24(18)19(27)28-21(4,5)6)11-14-10-13(12-25)8-9-15(14)22/h8-10,12,16,18H,11H2,1-7H3/t16?,18-/m0/s1. The Labute approximate surface area is 165 Å². The summed E-state index contributed by atoms with van der Waals surface area (Å²) >= 11 is 0. The summed E-state index contributed by atoms with van der Waals surface area (Å²) < 4.78 is 19.9. The van der Waals surface area contributed by atoms with Gasteiger partial charge in [-0.2, -0.15) is 0 Å². The Morgan fingerprint density at radius 1 is 1.21 bits per heavy atom. The number of carbonyl (C=O) groups excluding carboxylic acids is 3. The molecule has 28 heavy (non-hydrogen) atoms. The fourth-order valence-electron chi connectivity index (χ4n) is 3.59. The summed E-state index contributed by atoms with van der Waals surface area (Å²) in [6.07, 6.45) is -0.586. The van der Waals surface area contributed by atoms with Crippen molar-refractivity contribution >= 4 is 18.3 Å². The van der Waals surface area contributed by atoms with E-state index in [1.165, 1.54) is 28.0 Å². The molecule has 1 aromatic rings. The molecule has 0 aromatic heterocycles. The van der Waals surface area contributed by atoms with Crippen LogP contribution in [0.5, 0.6) is 0 Å². The highest BCUT2D eigenvalue weighted by Crippen LogP contribution is 2.36. The Hall–Kier alpha value is -2.44. The van der Waals surface area contributed by atoms with Crippen LogP contribution < -0.4 is 0 Å². The normalized spacial score (nSPS) is 20.5. The van der Waals surface area contributed by atoms with Gasteiger partial charge in [0.1, 0.15) is 29.9 Å². The maximum absolute atomic E-state index is 14.3. The van der Waals surface area contributed by atoms with E-state index in [1.807, 2.05) is 20.8 Å². The molecular weight excluding hydrogens is 363 g/mol. The van der Waals surface area contributed by atoms with Crippen LogP contribution >= 0.6 is 0 Å². The summed E-state index contributed by atoms with van der Waals surface area (Å²) in [5.74, 6) is -0.814. The molecule has 1 saturated heterocycles. The minimum atomic E-state index is -0.916. The van der Waals surface area contributed by atoms with Crippen LogP contribution in [0.2, 0.25) is 0 Å². The second-order valence-electron chi connectivity index (χ2n) is 9.27. The predicted octanol–water partition coefficient (Wildman–Crippen LogP) is 3.63. The van der Waals surface area contributed by atoms with Crippen molar-refractivity contribution in [2.45, 2.75) is 65.8 Å². The Kier molecular flexibility index (Phi) is 5.87. The summed E-state index contributed by atoms with van der Waals surface area (Å²) in [4.78, 5) is 40.0. The Morgan fingerprint density at radius 3 is 2.32 bits per heavy atom. The molecule has 2 amide bonds. The lowest BCUT2D eigenvalue weighted by Crippen LogP contribution is -2.52. The zero-order valence-corrected chi connectivity index (χ0v) is 17.6. The van der Waals surface area contributed by atoms with Crippen LogP contribution in [0.3, 0.4) is 0 Å². The number of aldehydes is 1. The van der Waals surface area contributed by atoms with Gasteiger partial charge in [-0.05, 0) is 44.5 Å². The van der Waals surface area contributed by atoms with E-state index in [0.717, 1.165) is 0 Å². The monoisotopic (exact) mass is 392 g/mol. The smallest absolute Gasteiger partial charge is 0.412 e. The first-order valence-corrected chi connectivity index (χ1v) is 9.28. The zero-order valence-electron chi connectivity index (χ0n) is 17.6. The molecule has 2 rings (SSSR count). The molecule has 154 valence electrons. The van der Waals surface area contributed by atoms with Crippen molar-refractivity contribution in [2.75, 3.05) is 7.05 Å². The first-order chi connectivity index (χ1) is 12.8. The van der Waals surface area contributed by atoms with Crippen molar-refractivity contribution in [1.29, 1.82) is 0 Å². The number of halogens is 1. The number of rotatable bonds is 3. The fourth-order valence-corrected chi connectivity index (χ4v) is 3.59. The van der Waals surface area contributed by atoms with E-state index in [9.17, 15) is 18.8 Å². The van der Waals surface area contributed by atoms with Crippen molar-refractivity contribution < 1.29 is 23.5 Å². The van der Waals surface area contributed by atoms with Gasteiger partial charge in [-0.1, -0.05) is 20.8 Å². The fraction of sp³-hybridized carbons (Fsp3) is 0.571. The molecule has 1 heterocycles. The van der Waals surface area contributed by atoms with Crippen LogP contribution in [0.25, 0.3) is 0 Å². The average molecular weight is 392 g/mol. The van der Waals surface area contributed by atoms with Gasteiger partial charge in [0.25, 0.3) is 0 Å². The first-order valence-electron chi connectivity index (χ1n) is 9.28. The van der Waals surface area contributed by atoms with Gasteiger partial charge in [0.15, 0.2) is 0 Å². The Bertz CT molecular complexity index is 780. The highest BCUT2D eigenvalue weighted by molar-refractivity contribution is 5.90. The van der Waals surface area contributed by atoms with Crippen LogP contribution in [0.4, 0.5) is 9.18 Å². The molecule has 1 fully saturated rings. The Balaban J connectivity index is 2.48. The van der Waals surface area contributed by atoms with Gasteiger partial charge in [0.2, 0.25) is 5.91 Å².